The number of hydrogen-bond acceptors (Lipinski definition) is 4. The fourth-order valence-electron chi connectivity index (χ4n) is 2.26. The first-order valence-corrected chi connectivity index (χ1v) is 7.46. The molecule has 1 fully saturated rings. The quantitative estimate of drug-likeness (QED) is 0.577. The molecule has 19 heavy (non-hydrogen) atoms. The van der Waals surface area contributed by atoms with Crippen molar-refractivity contribution in [3.05, 3.63) is 0 Å². The molecule has 112 valence electrons. The zero-order valence-electron chi connectivity index (χ0n) is 12.0. The lowest BCUT2D eigenvalue weighted by Crippen LogP contribution is -2.34. The minimum absolute atomic E-state index is 0.0466. The number of ether oxygens (including phenoxy) is 1. The highest BCUT2D eigenvalue weighted by Crippen LogP contribution is 2.08. The molecule has 0 spiro atoms. The largest absolute Gasteiger partial charge is 0.396 e. The Labute approximate surface area is 116 Å². The minimum atomic E-state index is 0.0466. The van der Waals surface area contributed by atoms with Crippen molar-refractivity contribution >= 4 is 5.91 Å². The van der Waals surface area contributed by atoms with E-state index in [2.05, 4.69) is 17.6 Å². The van der Waals surface area contributed by atoms with Crippen LogP contribution in [0.1, 0.15) is 39.0 Å². The molecule has 1 aliphatic heterocycles. The van der Waals surface area contributed by atoms with Gasteiger partial charge in [-0.25, -0.2) is 0 Å². The van der Waals surface area contributed by atoms with Gasteiger partial charge in [-0.2, -0.15) is 0 Å². The summed E-state index contributed by atoms with van der Waals surface area (Å²) in [5.74, 6) is 0.421. The third kappa shape index (κ3) is 7.50. The predicted molar refractivity (Wildman–Crippen MR) is 75.0 cm³/mol. The van der Waals surface area contributed by atoms with E-state index >= 15 is 0 Å². The minimum Gasteiger partial charge on any atom is -0.396 e. The van der Waals surface area contributed by atoms with Crippen molar-refractivity contribution in [2.24, 2.45) is 5.92 Å². The Hall–Kier alpha value is -0.650. The third-order valence-electron chi connectivity index (χ3n) is 3.67. The van der Waals surface area contributed by atoms with E-state index < -0.39 is 0 Å². The fraction of sp³-hybridized carbons (Fsp3) is 0.929. The number of aliphatic hydroxyl groups excluding tert-OH is 1. The van der Waals surface area contributed by atoms with Gasteiger partial charge >= 0.3 is 0 Å². The van der Waals surface area contributed by atoms with Crippen LogP contribution in [0.15, 0.2) is 0 Å². The Morgan fingerprint density at radius 3 is 2.84 bits per heavy atom. The molecule has 0 radical (unpaired) electrons. The monoisotopic (exact) mass is 272 g/mol. The molecule has 3 N–H and O–H groups in total. The number of nitrogens with one attached hydrogen (secondary N) is 2. The van der Waals surface area contributed by atoms with Gasteiger partial charge in [-0.05, 0) is 38.3 Å². The fourth-order valence-corrected chi connectivity index (χ4v) is 2.26. The van der Waals surface area contributed by atoms with E-state index in [0.29, 0.717) is 31.6 Å². The van der Waals surface area contributed by atoms with Crippen molar-refractivity contribution in [3.8, 4) is 0 Å². The van der Waals surface area contributed by atoms with Crippen molar-refractivity contribution in [2.45, 2.75) is 45.1 Å². The van der Waals surface area contributed by atoms with Crippen molar-refractivity contribution in [2.75, 3.05) is 32.8 Å². The lowest BCUT2D eigenvalue weighted by atomic mass is 10.0. The summed E-state index contributed by atoms with van der Waals surface area (Å²) >= 11 is 0. The number of piperidine rings is 1. The Balaban J connectivity index is 2.03. The van der Waals surface area contributed by atoms with Crippen LogP contribution in [0.4, 0.5) is 0 Å². The summed E-state index contributed by atoms with van der Waals surface area (Å²) in [7, 11) is 0. The first-order valence-electron chi connectivity index (χ1n) is 7.46. The van der Waals surface area contributed by atoms with Crippen LogP contribution in [0.25, 0.3) is 0 Å². The number of carbonyl (C=O) groups excluding carboxylic acids is 1. The van der Waals surface area contributed by atoms with E-state index in [9.17, 15) is 4.79 Å². The van der Waals surface area contributed by atoms with Gasteiger partial charge in [0.15, 0.2) is 0 Å². The van der Waals surface area contributed by atoms with Crippen LogP contribution in [0.3, 0.4) is 0 Å². The molecule has 5 nitrogen and oxygen atoms in total. The highest BCUT2D eigenvalue weighted by atomic mass is 16.5. The van der Waals surface area contributed by atoms with Crippen LogP contribution < -0.4 is 10.6 Å². The van der Waals surface area contributed by atoms with Gasteiger partial charge in [0.1, 0.15) is 0 Å². The maximum absolute atomic E-state index is 11.6. The second-order valence-corrected chi connectivity index (χ2v) is 5.16. The number of amides is 1. The lowest BCUT2D eigenvalue weighted by Gasteiger charge is -2.22. The van der Waals surface area contributed by atoms with E-state index in [1.807, 2.05) is 0 Å². The second-order valence-electron chi connectivity index (χ2n) is 5.16. The van der Waals surface area contributed by atoms with Crippen molar-refractivity contribution in [3.63, 3.8) is 0 Å². The van der Waals surface area contributed by atoms with Gasteiger partial charge in [-0.15, -0.1) is 0 Å². The van der Waals surface area contributed by atoms with Gasteiger partial charge in [-0.1, -0.05) is 13.3 Å². The van der Waals surface area contributed by atoms with Crippen LogP contribution >= 0.6 is 0 Å². The highest BCUT2D eigenvalue weighted by Gasteiger charge is 2.14. The number of hydrogen-bond donors (Lipinski definition) is 3. The van der Waals surface area contributed by atoms with Crippen molar-refractivity contribution < 1.29 is 14.6 Å². The molecule has 1 heterocycles. The van der Waals surface area contributed by atoms with Crippen LogP contribution in [-0.4, -0.2) is 50.0 Å². The first-order chi connectivity index (χ1) is 9.26. The molecule has 1 unspecified atom stereocenters. The van der Waals surface area contributed by atoms with E-state index in [0.717, 1.165) is 38.8 Å². The number of aliphatic hydroxyl groups is 1. The number of rotatable bonds is 9. The average Bonchev–Trinajstić information content (AvgIpc) is 2.44. The summed E-state index contributed by atoms with van der Waals surface area (Å²) in [5, 5.41) is 15.1. The van der Waals surface area contributed by atoms with E-state index in [4.69, 9.17) is 9.84 Å². The van der Waals surface area contributed by atoms with Crippen LogP contribution in [0.5, 0.6) is 0 Å². The summed E-state index contributed by atoms with van der Waals surface area (Å²) in [6, 6.07) is 0. The summed E-state index contributed by atoms with van der Waals surface area (Å²) in [4.78, 5) is 11.6. The van der Waals surface area contributed by atoms with Gasteiger partial charge in [0.2, 0.25) is 5.91 Å². The van der Waals surface area contributed by atoms with Gasteiger partial charge in [0.25, 0.3) is 0 Å². The maximum atomic E-state index is 11.6. The van der Waals surface area contributed by atoms with E-state index in [1.54, 1.807) is 0 Å². The zero-order valence-corrected chi connectivity index (χ0v) is 12.0. The molecule has 1 aliphatic rings. The third-order valence-corrected chi connectivity index (χ3v) is 3.67. The molecule has 0 aromatic carbocycles. The van der Waals surface area contributed by atoms with E-state index in [1.165, 1.54) is 0 Å². The molecular formula is C14H28N2O3. The predicted octanol–water partition coefficient (Wildman–Crippen LogP) is 0.670. The molecule has 0 aromatic rings. The van der Waals surface area contributed by atoms with Crippen molar-refractivity contribution in [1.29, 1.82) is 0 Å². The standard InChI is InChI=1S/C14H28N2O3/c1-2-12(5-9-17)11-16-14(18)6-10-19-13-3-7-15-8-4-13/h12-13,15,17H,2-11H2,1H3,(H,16,18). The smallest absolute Gasteiger partial charge is 0.222 e. The molecule has 0 aliphatic carbocycles. The first kappa shape index (κ1) is 16.4. The number of carbonyl (C=O) groups is 1. The highest BCUT2D eigenvalue weighted by molar-refractivity contribution is 5.75. The van der Waals surface area contributed by atoms with Crippen LogP contribution in [0, 0.1) is 5.92 Å². The molecule has 1 amide bonds. The van der Waals surface area contributed by atoms with Gasteiger partial charge in [-0.3, -0.25) is 4.79 Å². The Morgan fingerprint density at radius 2 is 2.21 bits per heavy atom. The Kier molecular flexibility index (Phi) is 8.79. The lowest BCUT2D eigenvalue weighted by molar-refractivity contribution is -0.123. The second kappa shape index (κ2) is 10.2. The molecule has 0 saturated carbocycles. The van der Waals surface area contributed by atoms with Crippen LogP contribution in [-0.2, 0) is 9.53 Å². The Morgan fingerprint density at radius 1 is 1.47 bits per heavy atom. The van der Waals surface area contributed by atoms with Gasteiger partial charge in [0, 0.05) is 19.6 Å². The maximum Gasteiger partial charge on any atom is 0.222 e. The molecule has 0 aromatic heterocycles. The van der Waals surface area contributed by atoms with Crippen molar-refractivity contribution in [1.82, 2.24) is 10.6 Å². The zero-order chi connectivity index (χ0) is 13.9. The molecular weight excluding hydrogens is 244 g/mol. The molecule has 1 atom stereocenters. The Bertz CT molecular complexity index is 243. The normalized spacial score (nSPS) is 18.2. The molecule has 0 bridgehead atoms. The van der Waals surface area contributed by atoms with Gasteiger partial charge < -0.3 is 20.5 Å². The summed E-state index contributed by atoms with van der Waals surface area (Å²) in [6.45, 7) is 5.45. The summed E-state index contributed by atoms with van der Waals surface area (Å²) in [5.41, 5.74) is 0. The van der Waals surface area contributed by atoms with E-state index in [-0.39, 0.29) is 12.5 Å². The molecule has 1 saturated heterocycles. The van der Waals surface area contributed by atoms with Gasteiger partial charge in [0.05, 0.1) is 12.7 Å². The average molecular weight is 272 g/mol. The molecule has 1 rings (SSSR count). The van der Waals surface area contributed by atoms with Crippen LogP contribution in [0.2, 0.25) is 0 Å². The SMILES string of the molecule is CCC(CCO)CNC(=O)CCOC1CCNCC1. The topological polar surface area (TPSA) is 70.6 Å². The molecule has 5 heteroatoms. The summed E-state index contributed by atoms with van der Waals surface area (Å²) < 4.78 is 5.69. The summed E-state index contributed by atoms with van der Waals surface area (Å²) in [6.07, 6.45) is 4.55.